The number of nitrogens with zero attached hydrogens (tertiary/aromatic N) is 1. The van der Waals surface area contributed by atoms with Crippen molar-refractivity contribution in [2.45, 2.75) is 28.7 Å². The molecule has 168 valence electrons. The van der Waals surface area contributed by atoms with Crippen LogP contribution in [0.4, 0.5) is 10.5 Å². The van der Waals surface area contributed by atoms with E-state index in [2.05, 4.69) is 10.6 Å². The predicted octanol–water partition coefficient (Wildman–Crippen LogP) is 5.29. The maximum absolute atomic E-state index is 13.2. The lowest BCUT2D eigenvalue weighted by Crippen LogP contribution is -2.44. The minimum absolute atomic E-state index is 0.375. The number of imide groups is 1. The Morgan fingerprint density at radius 1 is 1.00 bits per heavy atom. The van der Waals surface area contributed by atoms with Crippen LogP contribution in [0.15, 0.2) is 88.7 Å². The van der Waals surface area contributed by atoms with Crippen molar-refractivity contribution in [2.75, 3.05) is 11.9 Å². The molecule has 33 heavy (non-hydrogen) atoms. The summed E-state index contributed by atoms with van der Waals surface area (Å²) in [5, 5.41) is 6.28. The molecule has 4 amide bonds. The quantitative estimate of drug-likeness (QED) is 0.451. The first-order valence-electron chi connectivity index (χ1n) is 10.4. The average molecular weight is 480 g/mol. The molecule has 6 nitrogen and oxygen atoms in total. The molecule has 1 atom stereocenters. The molecule has 0 saturated carbocycles. The zero-order chi connectivity index (χ0) is 23.4. The second-order valence-corrected chi connectivity index (χ2v) is 9.10. The van der Waals surface area contributed by atoms with E-state index in [1.54, 1.807) is 30.3 Å². The lowest BCUT2D eigenvalue weighted by molar-refractivity contribution is -0.134. The zero-order valence-corrected chi connectivity index (χ0v) is 19.5. The van der Waals surface area contributed by atoms with E-state index in [-0.39, 0.29) is 6.54 Å². The number of para-hydroxylation sites is 1. The first-order valence-corrected chi connectivity index (χ1v) is 11.6. The summed E-state index contributed by atoms with van der Waals surface area (Å²) >= 11 is 7.43. The highest BCUT2D eigenvalue weighted by Crippen LogP contribution is 2.35. The number of amides is 4. The van der Waals surface area contributed by atoms with Crippen LogP contribution < -0.4 is 10.6 Å². The Bertz CT molecular complexity index is 1190. The first-order chi connectivity index (χ1) is 15.9. The highest BCUT2D eigenvalue weighted by Gasteiger charge is 2.51. The van der Waals surface area contributed by atoms with Gasteiger partial charge in [0, 0.05) is 14.8 Å². The second-order valence-electron chi connectivity index (χ2n) is 7.55. The third-order valence-corrected chi connectivity index (χ3v) is 6.81. The molecule has 1 aliphatic heterocycles. The smallest absolute Gasteiger partial charge is 0.323 e. The van der Waals surface area contributed by atoms with E-state index < -0.39 is 23.4 Å². The number of hydrogen-bond donors (Lipinski definition) is 2. The second kappa shape index (κ2) is 9.68. The van der Waals surface area contributed by atoms with Gasteiger partial charge in [0.1, 0.15) is 12.1 Å². The van der Waals surface area contributed by atoms with Crippen molar-refractivity contribution in [1.82, 2.24) is 10.2 Å². The molecule has 3 aromatic carbocycles. The van der Waals surface area contributed by atoms with Crippen molar-refractivity contribution in [3.63, 3.8) is 0 Å². The molecule has 0 bridgehead atoms. The fourth-order valence-electron chi connectivity index (χ4n) is 3.75. The highest BCUT2D eigenvalue weighted by molar-refractivity contribution is 7.99. The fraction of sp³-hybridized carbons (Fsp3) is 0.160. The molecule has 1 aliphatic rings. The van der Waals surface area contributed by atoms with E-state index in [0.717, 1.165) is 14.7 Å². The maximum atomic E-state index is 13.2. The molecule has 1 heterocycles. The van der Waals surface area contributed by atoms with Gasteiger partial charge in [0.2, 0.25) is 5.91 Å². The number of anilines is 1. The number of carbonyl (C=O) groups is 3. The highest BCUT2D eigenvalue weighted by atomic mass is 35.5. The standard InChI is InChI=1S/C25H22ClN3O3S/c1-2-25(17-8-4-3-5-9-17)23(31)29(24(32)28-25)16-22(30)27-20-10-6-7-11-21(20)33-19-14-12-18(26)13-15-19/h3-15H,2,16H2,1H3,(H,27,30)(H,28,32)/t25-/m1/s1. The Hall–Kier alpha value is -3.29. The van der Waals surface area contributed by atoms with E-state index in [0.29, 0.717) is 22.7 Å². The normalized spacial score (nSPS) is 17.7. The summed E-state index contributed by atoms with van der Waals surface area (Å²) in [6.45, 7) is 1.46. The van der Waals surface area contributed by atoms with E-state index in [1.165, 1.54) is 11.8 Å². The number of benzene rings is 3. The van der Waals surface area contributed by atoms with Crippen LogP contribution in [0.2, 0.25) is 5.02 Å². The SMILES string of the molecule is CC[C@]1(c2ccccc2)NC(=O)N(CC(=O)Nc2ccccc2Sc2ccc(Cl)cc2)C1=O. The molecule has 8 heteroatoms. The van der Waals surface area contributed by atoms with E-state index in [9.17, 15) is 14.4 Å². The molecule has 3 aromatic rings. The van der Waals surface area contributed by atoms with Crippen molar-refractivity contribution in [3.05, 3.63) is 89.4 Å². The molecular weight excluding hydrogens is 458 g/mol. The lowest BCUT2D eigenvalue weighted by Gasteiger charge is -2.25. The van der Waals surface area contributed by atoms with E-state index in [1.807, 2.05) is 55.5 Å². The van der Waals surface area contributed by atoms with Gasteiger partial charge in [-0.05, 0) is 48.4 Å². The van der Waals surface area contributed by atoms with Crippen LogP contribution in [-0.2, 0) is 15.1 Å². The van der Waals surface area contributed by atoms with Crippen LogP contribution in [0.1, 0.15) is 18.9 Å². The molecule has 2 N–H and O–H groups in total. The summed E-state index contributed by atoms with van der Waals surface area (Å²) in [6.07, 6.45) is 0.375. The molecule has 1 fully saturated rings. The van der Waals surface area contributed by atoms with Crippen molar-refractivity contribution in [3.8, 4) is 0 Å². The number of carbonyl (C=O) groups excluding carboxylic acids is 3. The Kier molecular flexibility index (Phi) is 6.72. The molecule has 1 saturated heterocycles. The first kappa shape index (κ1) is 22.9. The van der Waals surface area contributed by atoms with Gasteiger partial charge in [0.15, 0.2) is 0 Å². The van der Waals surface area contributed by atoms with Gasteiger partial charge in [-0.15, -0.1) is 0 Å². The topological polar surface area (TPSA) is 78.5 Å². The number of urea groups is 1. The summed E-state index contributed by atoms with van der Waals surface area (Å²) < 4.78 is 0. The molecule has 0 unspecified atom stereocenters. The lowest BCUT2D eigenvalue weighted by atomic mass is 9.87. The summed E-state index contributed by atoms with van der Waals surface area (Å²) in [7, 11) is 0. The van der Waals surface area contributed by atoms with E-state index >= 15 is 0 Å². The summed E-state index contributed by atoms with van der Waals surface area (Å²) in [4.78, 5) is 41.5. The van der Waals surface area contributed by atoms with Gasteiger partial charge in [-0.1, -0.05) is 72.8 Å². The van der Waals surface area contributed by atoms with Gasteiger partial charge in [0.25, 0.3) is 5.91 Å². The van der Waals surface area contributed by atoms with Gasteiger partial charge in [-0.25, -0.2) is 4.79 Å². The Balaban J connectivity index is 1.49. The monoisotopic (exact) mass is 479 g/mol. The van der Waals surface area contributed by atoms with Crippen LogP contribution in [-0.4, -0.2) is 29.3 Å². The van der Waals surface area contributed by atoms with E-state index in [4.69, 9.17) is 11.6 Å². The summed E-state index contributed by atoms with van der Waals surface area (Å²) in [5.41, 5.74) is 0.124. The van der Waals surface area contributed by atoms with Crippen LogP contribution in [0.3, 0.4) is 0 Å². The summed E-state index contributed by atoms with van der Waals surface area (Å²) in [5.74, 6) is -0.886. The molecule has 0 aliphatic carbocycles. The fourth-order valence-corrected chi connectivity index (χ4v) is 4.78. The third-order valence-electron chi connectivity index (χ3n) is 5.48. The predicted molar refractivity (Wildman–Crippen MR) is 129 cm³/mol. The Morgan fingerprint density at radius 2 is 1.67 bits per heavy atom. The van der Waals surface area contributed by atoms with Crippen LogP contribution in [0.5, 0.6) is 0 Å². The number of nitrogens with one attached hydrogen (secondary N) is 2. The van der Waals surface area contributed by atoms with Gasteiger partial charge >= 0.3 is 6.03 Å². The molecule has 0 spiro atoms. The van der Waals surface area contributed by atoms with Crippen molar-refractivity contribution >= 4 is 46.9 Å². The van der Waals surface area contributed by atoms with Crippen molar-refractivity contribution < 1.29 is 14.4 Å². The average Bonchev–Trinajstić information content (AvgIpc) is 3.07. The number of halogens is 1. The number of hydrogen-bond acceptors (Lipinski definition) is 4. The summed E-state index contributed by atoms with van der Waals surface area (Å²) in [6, 6.07) is 23.3. The maximum Gasteiger partial charge on any atom is 0.325 e. The Labute approximate surface area is 201 Å². The minimum Gasteiger partial charge on any atom is -0.323 e. The molecular formula is C25H22ClN3O3S. The number of rotatable bonds is 7. The zero-order valence-electron chi connectivity index (χ0n) is 17.9. The van der Waals surface area contributed by atoms with Crippen molar-refractivity contribution in [1.29, 1.82) is 0 Å². The van der Waals surface area contributed by atoms with Crippen LogP contribution in [0, 0.1) is 0 Å². The van der Waals surface area contributed by atoms with Gasteiger partial charge in [-0.3, -0.25) is 14.5 Å². The largest absolute Gasteiger partial charge is 0.325 e. The van der Waals surface area contributed by atoms with Crippen LogP contribution in [0.25, 0.3) is 0 Å². The van der Waals surface area contributed by atoms with Gasteiger partial charge in [0.05, 0.1) is 5.69 Å². The molecule has 0 aromatic heterocycles. The van der Waals surface area contributed by atoms with Gasteiger partial charge < -0.3 is 10.6 Å². The molecule has 0 radical (unpaired) electrons. The third kappa shape index (κ3) is 4.74. The van der Waals surface area contributed by atoms with Gasteiger partial charge in [-0.2, -0.15) is 0 Å². The minimum atomic E-state index is -1.17. The van der Waals surface area contributed by atoms with Crippen molar-refractivity contribution in [2.24, 2.45) is 0 Å². The molecule has 4 rings (SSSR count). The van der Waals surface area contributed by atoms with Crippen LogP contribution >= 0.6 is 23.4 Å². The Morgan fingerprint density at radius 3 is 2.36 bits per heavy atom.